The number of piperazine rings is 1. The molecule has 0 bridgehead atoms. The number of hydrogen-bond donors (Lipinski definition) is 1. The first-order valence-electron chi connectivity index (χ1n) is 8.10. The first kappa shape index (κ1) is 14.5. The van der Waals surface area contributed by atoms with E-state index in [1.165, 1.54) is 13.1 Å². The number of hydrogen-bond acceptors (Lipinski definition) is 3. The second-order valence-electron chi connectivity index (χ2n) is 6.30. The highest BCUT2D eigenvalue weighted by atomic mass is 15.3. The van der Waals surface area contributed by atoms with E-state index in [0.717, 1.165) is 36.5 Å². The van der Waals surface area contributed by atoms with E-state index in [0.29, 0.717) is 12.0 Å². The van der Waals surface area contributed by atoms with Crippen molar-refractivity contribution in [3.05, 3.63) is 30.1 Å². The van der Waals surface area contributed by atoms with Gasteiger partial charge in [-0.2, -0.15) is 0 Å². The lowest BCUT2D eigenvalue weighted by Crippen LogP contribution is -2.48. The Morgan fingerprint density at radius 2 is 1.86 bits per heavy atom. The first-order valence-corrected chi connectivity index (χ1v) is 8.10. The summed E-state index contributed by atoms with van der Waals surface area (Å²) in [5.41, 5.74) is 2.22. The third-order valence-electron chi connectivity index (χ3n) is 4.57. The molecule has 1 fully saturated rings. The Bertz CT molecular complexity index is 548. The summed E-state index contributed by atoms with van der Waals surface area (Å²) < 4.78 is 0. The Kier molecular flexibility index (Phi) is 4.27. The Hall–Kier alpha value is -1.39. The number of benzene rings is 1. The third-order valence-corrected chi connectivity index (χ3v) is 4.57. The number of aromatic amines is 1. The molecule has 4 nitrogen and oxygen atoms in total. The number of nitrogens with zero attached hydrogens (tertiary/aromatic N) is 3. The van der Waals surface area contributed by atoms with Crippen molar-refractivity contribution < 1.29 is 0 Å². The number of para-hydroxylation sites is 2. The van der Waals surface area contributed by atoms with Crippen molar-refractivity contribution in [3.63, 3.8) is 0 Å². The molecule has 4 heteroatoms. The number of rotatable bonds is 4. The maximum atomic E-state index is 4.84. The number of nitrogens with one attached hydrogen (secondary N) is 1. The normalized spacial score (nSPS) is 19.4. The molecular weight excluding hydrogens is 260 g/mol. The van der Waals surface area contributed by atoms with Crippen LogP contribution in [0.5, 0.6) is 0 Å². The molecule has 1 aliphatic rings. The van der Waals surface area contributed by atoms with Gasteiger partial charge >= 0.3 is 0 Å². The van der Waals surface area contributed by atoms with Crippen LogP contribution >= 0.6 is 0 Å². The first-order chi connectivity index (χ1) is 10.2. The van der Waals surface area contributed by atoms with Gasteiger partial charge in [0.1, 0.15) is 5.82 Å². The van der Waals surface area contributed by atoms with Crippen LogP contribution < -0.4 is 0 Å². The number of aromatic nitrogens is 2. The third kappa shape index (κ3) is 2.97. The summed E-state index contributed by atoms with van der Waals surface area (Å²) in [6.45, 7) is 12.6. The molecule has 1 aliphatic heterocycles. The van der Waals surface area contributed by atoms with E-state index in [-0.39, 0.29) is 0 Å². The molecule has 21 heavy (non-hydrogen) atoms. The topological polar surface area (TPSA) is 35.2 Å². The van der Waals surface area contributed by atoms with Crippen LogP contribution in [0, 0.1) is 5.92 Å². The Morgan fingerprint density at radius 1 is 1.14 bits per heavy atom. The van der Waals surface area contributed by atoms with Crippen LogP contribution in [0.15, 0.2) is 24.3 Å². The molecule has 114 valence electrons. The van der Waals surface area contributed by atoms with Crippen LogP contribution in [0.4, 0.5) is 0 Å². The van der Waals surface area contributed by atoms with Gasteiger partial charge in [-0.15, -0.1) is 0 Å². The molecule has 0 aliphatic carbocycles. The quantitative estimate of drug-likeness (QED) is 0.938. The average molecular weight is 286 g/mol. The maximum Gasteiger partial charge on any atom is 0.124 e. The highest BCUT2D eigenvalue weighted by molar-refractivity contribution is 5.74. The molecule has 1 unspecified atom stereocenters. The standard InChI is InChI=1S/C17H26N4/c1-4-20-9-11-21(12-10-20)16(13(2)3)17-18-14-7-5-6-8-15(14)19-17/h5-8,13,16H,4,9-12H2,1-3H3,(H,18,19). The second-order valence-corrected chi connectivity index (χ2v) is 6.30. The fourth-order valence-electron chi connectivity index (χ4n) is 3.38. The monoisotopic (exact) mass is 286 g/mol. The van der Waals surface area contributed by atoms with Gasteiger partial charge in [0.05, 0.1) is 17.1 Å². The van der Waals surface area contributed by atoms with Gasteiger partial charge in [0.2, 0.25) is 0 Å². The minimum Gasteiger partial charge on any atom is -0.341 e. The van der Waals surface area contributed by atoms with Crippen molar-refractivity contribution >= 4 is 11.0 Å². The van der Waals surface area contributed by atoms with Crippen LogP contribution in [0.1, 0.15) is 32.6 Å². The fraction of sp³-hybridized carbons (Fsp3) is 0.588. The van der Waals surface area contributed by atoms with Gasteiger partial charge in [-0.05, 0) is 24.6 Å². The molecule has 1 aromatic carbocycles. The molecule has 0 spiro atoms. The van der Waals surface area contributed by atoms with Crippen LogP contribution in [-0.2, 0) is 0 Å². The zero-order valence-corrected chi connectivity index (χ0v) is 13.3. The van der Waals surface area contributed by atoms with Crippen molar-refractivity contribution in [2.45, 2.75) is 26.8 Å². The molecule has 1 atom stereocenters. The van der Waals surface area contributed by atoms with Crippen molar-refractivity contribution in [1.82, 2.24) is 19.8 Å². The second kappa shape index (κ2) is 6.16. The largest absolute Gasteiger partial charge is 0.341 e. The molecule has 1 N–H and O–H groups in total. The van der Waals surface area contributed by atoms with Crippen molar-refractivity contribution in [3.8, 4) is 0 Å². The van der Waals surface area contributed by atoms with Crippen molar-refractivity contribution in [2.24, 2.45) is 5.92 Å². The van der Waals surface area contributed by atoms with Gasteiger partial charge in [0.25, 0.3) is 0 Å². The molecule has 1 saturated heterocycles. The SMILES string of the molecule is CCN1CCN(C(c2nc3ccccc3[nH]2)C(C)C)CC1. The van der Waals surface area contributed by atoms with Gasteiger partial charge < -0.3 is 9.88 Å². The summed E-state index contributed by atoms with van der Waals surface area (Å²) in [7, 11) is 0. The zero-order valence-electron chi connectivity index (χ0n) is 13.3. The summed E-state index contributed by atoms with van der Waals surface area (Å²) in [4.78, 5) is 13.5. The van der Waals surface area contributed by atoms with E-state index in [1.807, 2.05) is 0 Å². The van der Waals surface area contributed by atoms with Gasteiger partial charge in [0.15, 0.2) is 0 Å². The highest BCUT2D eigenvalue weighted by Crippen LogP contribution is 2.29. The average Bonchev–Trinajstić information content (AvgIpc) is 2.91. The Labute approximate surface area is 127 Å². The number of H-pyrrole nitrogens is 1. The minimum atomic E-state index is 0.386. The Balaban J connectivity index is 1.84. The smallest absolute Gasteiger partial charge is 0.124 e. The van der Waals surface area contributed by atoms with E-state index in [4.69, 9.17) is 4.98 Å². The predicted octanol–water partition coefficient (Wildman–Crippen LogP) is 2.90. The van der Waals surface area contributed by atoms with Crippen molar-refractivity contribution in [2.75, 3.05) is 32.7 Å². The number of imidazole rings is 1. The molecule has 0 radical (unpaired) electrons. The molecule has 2 aromatic rings. The minimum absolute atomic E-state index is 0.386. The lowest BCUT2D eigenvalue weighted by molar-refractivity contribution is 0.0750. The Morgan fingerprint density at radius 3 is 2.48 bits per heavy atom. The van der Waals surface area contributed by atoms with Crippen LogP contribution in [0.3, 0.4) is 0 Å². The lowest BCUT2D eigenvalue weighted by Gasteiger charge is -2.39. The van der Waals surface area contributed by atoms with Crippen LogP contribution in [-0.4, -0.2) is 52.5 Å². The number of fused-ring (bicyclic) bond motifs is 1. The highest BCUT2D eigenvalue weighted by Gasteiger charge is 2.29. The molecule has 1 aromatic heterocycles. The van der Waals surface area contributed by atoms with Crippen molar-refractivity contribution in [1.29, 1.82) is 0 Å². The van der Waals surface area contributed by atoms with Crippen LogP contribution in [0.2, 0.25) is 0 Å². The van der Waals surface area contributed by atoms with Gasteiger partial charge in [0, 0.05) is 26.2 Å². The van der Waals surface area contributed by atoms with E-state index in [9.17, 15) is 0 Å². The summed E-state index contributed by atoms with van der Waals surface area (Å²) in [5.74, 6) is 1.68. The van der Waals surface area contributed by atoms with Gasteiger partial charge in [-0.25, -0.2) is 4.98 Å². The molecule has 2 heterocycles. The molecule has 0 amide bonds. The summed E-state index contributed by atoms with van der Waals surface area (Å²) in [5, 5.41) is 0. The zero-order chi connectivity index (χ0) is 14.8. The molecular formula is C17H26N4. The fourth-order valence-corrected chi connectivity index (χ4v) is 3.38. The molecule has 3 rings (SSSR count). The van der Waals surface area contributed by atoms with Gasteiger partial charge in [-0.3, -0.25) is 4.90 Å². The van der Waals surface area contributed by atoms with E-state index >= 15 is 0 Å². The lowest BCUT2D eigenvalue weighted by atomic mass is 10.0. The number of likely N-dealkylation sites (N-methyl/N-ethyl adjacent to an activating group) is 1. The predicted molar refractivity (Wildman–Crippen MR) is 87.4 cm³/mol. The van der Waals surface area contributed by atoms with Crippen LogP contribution in [0.25, 0.3) is 11.0 Å². The van der Waals surface area contributed by atoms with Gasteiger partial charge in [-0.1, -0.05) is 32.9 Å². The maximum absolute atomic E-state index is 4.84. The molecule has 0 saturated carbocycles. The van der Waals surface area contributed by atoms with E-state index in [2.05, 4.69) is 59.8 Å². The van der Waals surface area contributed by atoms with E-state index in [1.54, 1.807) is 0 Å². The summed E-state index contributed by atoms with van der Waals surface area (Å²) >= 11 is 0. The van der Waals surface area contributed by atoms with E-state index < -0.39 is 0 Å². The summed E-state index contributed by atoms with van der Waals surface area (Å²) in [6.07, 6.45) is 0. The summed E-state index contributed by atoms with van der Waals surface area (Å²) in [6, 6.07) is 8.70.